The molecule has 18 heavy (non-hydrogen) atoms. The number of hydrogen-bond donors (Lipinski definition) is 3. The van der Waals surface area contributed by atoms with Crippen LogP contribution >= 0.6 is 0 Å². The summed E-state index contributed by atoms with van der Waals surface area (Å²) < 4.78 is 0. The summed E-state index contributed by atoms with van der Waals surface area (Å²) in [5.41, 5.74) is 1.13. The number of nitrogens with zero attached hydrogens (tertiary/aromatic N) is 2. The molecule has 96 valence electrons. The molecule has 5 heteroatoms. The fourth-order valence-corrected chi connectivity index (χ4v) is 1.75. The van der Waals surface area contributed by atoms with E-state index in [2.05, 4.69) is 15.3 Å². The molecule has 0 aliphatic heterocycles. The van der Waals surface area contributed by atoms with Gasteiger partial charge in [0, 0.05) is 5.39 Å². The van der Waals surface area contributed by atoms with Crippen LogP contribution in [0, 0.1) is 6.92 Å². The van der Waals surface area contributed by atoms with Gasteiger partial charge in [0.05, 0.1) is 24.3 Å². The van der Waals surface area contributed by atoms with Crippen molar-refractivity contribution in [3.8, 4) is 0 Å². The summed E-state index contributed by atoms with van der Waals surface area (Å²) in [6, 6.07) is 5.83. The zero-order valence-electron chi connectivity index (χ0n) is 10.5. The van der Waals surface area contributed by atoms with Gasteiger partial charge in [0.15, 0.2) is 0 Å². The van der Waals surface area contributed by atoms with Gasteiger partial charge in [-0.15, -0.1) is 0 Å². The van der Waals surface area contributed by atoms with Gasteiger partial charge in [-0.2, -0.15) is 0 Å². The zero-order chi connectivity index (χ0) is 13.2. The van der Waals surface area contributed by atoms with Crippen molar-refractivity contribution in [3.63, 3.8) is 0 Å². The van der Waals surface area contributed by atoms with Crippen LogP contribution in [-0.2, 0) is 0 Å². The SMILES string of the molecule is Cc1cccc2c(NC(C)(CO)CO)ncnc12. The molecule has 0 spiro atoms. The Morgan fingerprint density at radius 2 is 1.94 bits per heavy atom. The van der Waals surface area contributed by atoms with E-state index in [1.54, 1.807) is 6.92 Å². The molecule has 3 N–H and O–H groups in total. The van der Waals surface area contributed by atoms with Crippen LogP contribution in [0.5, 0.6) is 0 Å². The smallest absolute Gasteiger partial charge is 0.137 e. The fourth-order valence-electron chi connectivity index (χ4n) is 1.75. The summed E-state index contributed by atoms with van der Waals surface area (Å²) in [4.78, 5) is 8.43. The first-order valence-electron chi connectivity index (χ1n) is 5.80. The van der Waals surface area contributed by atoms with E-state index >= 15 is 0 Å². The summed E-state index contributed by atoms with van der Waals surface area (Å²) in [5.74, 6) is 0.620. The zero-order valence-corrected chi connectivity index (χ0v) is 10.5. The molecule has 0 bridgehead atoms. The monoisotopic (exact) mass is 247 g/mol. The van der Waals surface area contributed by atoms with Crippen LogP contribution in [-0.4, -0.2) is 38.9 Å². The maximum atomic E-state index is 9.31. The number of nitrogens with one attached hydrogen (secondary N) is 1. The second-order valence-electron chi connectivity index (χ2n) is 4.70. The number of aryl methyl sites for hydroxylation is 1. The van der Waals surface area contributed by atoms with E-state index in [4.69, 9.17) is 0 Å². The Labute approximate surface area is 106 Å². The number of aliphatic hydroxyl groups excluding tert-OH is 2. The van der Waals surface area contributed by atoms with E-state index in [1.165, 1.54) is 6.33 Å². The van der Waals surface area contributed by atoms with Crippen LogP contribution in [0.25, 0.3) is 10.9 Å². The molecule has 0 saturated carbocycles. The molecule has 0 unspecified atom stereocenters. The molecule has 0 amide bonds. The molecule has 0 atom stereocenters. The van der Waals surface area contributed by atoms with Gasteiger partial charge in [-0.3, -0.25) is 0 Å². The number of anilines is 1. The summed E-state index contributed by atoms with van der Waals surface area (Å²) in [6.45, 7) is 3.36. The molecular formula is C13H17N3O2. The van der Waals surface area contributed by atoms with Crippen molar-refractivity contribution in [2.75, 3.05) is 18.5 Å². The highest BCUT2D eigenvalue weighted by molar-refractivity contribution is 5.91. The number of benzene rings is 1. The van der Waals surface area contributed by atoms with Gasteiger partial charge in [-0.25, -0.2) is 9.97 Å². The minimum absolute atomic E-state index is 0.180. The number of aliphatic hydroxyl groups is 2. The molecule has 1 aromatic heterocycles. The fraction of sp³-hybridized carbons (Fsp3) is 0.385. The lowest BCUT2D eigenvalue weighted by atomic mass is 10.0. The summed E-state index contributed by atoms with van der Waals surface area (Å²) in [7, 11) is 0. The normalized spacial score (nSPS) is 11.8. The molecule has 1 aromatic carbocycles. The van der Waals surface area contributed by atoms with E-state index in [-0.39, 0.29) is 13.2 Å². The van der Waals surface area contributed by atoms with E-state index < -0.39 is 5.54 Å². The molecule has 0 saturated heterocycles. The second-order valence-corrected chi connectivity index (χ2v) is 4.70. The van der Waals surface area contributed by atoms with Crippen molar-refractivity contribution in [2.45, 2.75) is 19.4 Å². The quantitative estimate of drug-likeness (QED) is 0.754. The maximum Gasteiger partial charge on any atom is 0.137 e. The van der Waals surface area contributed by atoms with Crippen molar-refractivity contribution < 1.29 is 10.2 Å². The molecule has 0 radical (unpaired) electrons. The highest BCUT2D eigenvalue weighted by Gasteiger charge is 2.23. The Kier molecular flexibility index (Phi) is 3.45. The predicted molar refractivity (Wildman–Crippen MR) is 70.5 cm³/mol. The second kappa shape index (κ2) is 4.88. The summed E-state index contributed by atoms with van der Waals surface area (Å²) in [6.07, 6.45) is 1.48. The predicted octanol–water partition coefficient (Wildman–Crippen LogP) is 1.09. The lowest BCUT2D eigenvalue weighted by molar-refractivity contribution is 0.147. The Balaban J connectivity index is 2.49. The highest BCUT2D eigenvalue weighted by Crippen LogP contribution is 2.24. The molecule has 0 aliphatic rings. The number of aromatic nitrogens is 2. The third-order valence-electron chi connectivity index (χ3n) is 2.98. The van der Waals surface area contributed by atoms with Crippen molar-refractivity contribution >= 4 is 16.7 Å². The van der Waals surface area contributed by atoms with E-state index in [9.17, 15) is 10.2 Å². The largest absolute Gasteiger partial charge is 0.394 e. The van der Waals surface area contributed by atoms with Gasteiger partial charge in [0.25, 0.3) is 0 Å². The third-order valence-corrected chi connectivity index (χ3v) is 2.98. The Morgan fingerprint density at radius 1 is 1.22 bits per heavy atom. The van der Waals surface area contributed by atoms with E-state index in [1.807, 2.05) is 25.1 Å². The molecule has 0 aliphatic carbocycles. The molecule has 2 aromatic rings. The lowest BCUT2D eigenvalue weighted by Gasteiger charge is -2.27. The average molecular weight is 247 g/mol. The minimum atomic E-state index is -0.801. The molecule has 2 rings (SSSR count). The van der Waals surface area contributed by atoms with Gasteiger partial charge in [0.1, 0.15) is 12.1 Å². The first-order valence-corrected chi connectivity index (χ1v) is 5.80. The molecule has 5 nitrogen and oxygen atoms in total. The van der Waals surface area contributed by atoms with Crippen LogP contribution in [0.1, 0.15) is 12.5 Å². The number of para-hydroxylation sites is 1. The van der Waals surface area contributed by atoms with Gasteiger partial charge in [-0.1, -0.05) is 12.1 Å². The Hall–Kier alpha value is -1.72. The van der Waals surface area contributed by atoms with Gasteiger partial charge >= 0.3 is 0 Å². The van der Waals surface area contributed by atoms with Crippen LogP contribution in [0.15, 0.2) is 24.5 Å². The highest BCUT2D eigenvalue weighted by atomic mass is 16.3. The van der Waals surface area contributed by atoms with E-state index in [0.717, 1.165) is 16.5 Å². The van der Waals surface area contributed by atoms with Crippen LogP contribution < -0.4 is 5.32 Å². The van der Waals surface area contributed by atoms with E-state index in [0.29, 0.717) is 5.82 Å². The number of rotatable bonds is 4. The summed E-state index contributed by atoms with van der Waals surface area (Å²) in [5, 5.41) is 22.6. The third kappa shape index (κ3) is 2.27. The van der Waals surface area contributed by atoms with Gasteiger partial charge in [-0.05, 0) is 25.5 Å². The van der Waals surface area contributed by atoms with Crippen molar-refractivity contribution in [3.05, 3.63) is 30.1 Å². The lowest BCUT2D eigenvalue weighted by Crippen LogP contribution is -2.42. The van der Waals surface area contributed by atoms with Gasteiger partial charge in [0.2, 0.25) is 0 Å². The topological polar surface area (TPSA) is 78.3 Å². The van der Waals surface area contributed by atoms with Crippen LogP contribution in [0.2, 0.25) is 0 Å². The Morgan fingerprint density at radius 3 is 2.61 bits per heavy atom. The van der Waals surface area contributed by atoms with Crippen molar-refractivity contribution in [1.29, 1.82) is 0 Å². The van der Waals surface area contributed by atoms with Crippen LogP contribution in [0.3, 0.4) is 0 Å². The minimum Gasteiger partial charge on any atom is -0.394 e. The first kappa shape index (κ1) is 12.7. The maximum absolute atomic E-state index is 9.31. The van der Waals surface area contributed by atoms with Crippen molar-refractivity contribution in [1.82, 2.24) is 9.97 Å². The Bertz CT molecular complexity index is 553. The number of hydrogen-bond acceptors (Lipinski definition) is 5. The number of fused-ring (bicyclic) bond motifs is 1. The molecular weight excluding hydrogens is 230 g/mol. The molecule has 0 fully saturated rings. The van der Waals surface area contributed by atoms with Crippen LogP contribution in [0.4, 0.5) is 5.82 Å². The molecule has 1 heterocycles. The standard InChI is InChI=1S/C13H17N3O2/c1-9-4-3-5-10-11(9)14-8-15-12(10)16-13(2,6-17)7-18/h3-5,8,17-18H,6-7H2,1-2H3,(H,14,15,16). The summed E-state index contributed by atoms with van der Waals surface area (Å²) >= 11 is 0. The average Bonchev–Trinajstić information content (AvgIpc) is 2.40. The first-order chi connectivity index (χ1) is 8.59. The van der Waals surface area contributed by atoms with Gasteiger partial charge < -0.3 is 15.5 Å². The van der Waals surface area contributed by atoms with Crippen molar-refractivity contribution in [2.24, 2.45) is 0 Å².